The van der Waals surface area contributed by atoms with Crippen LogP contribution in [0.15, 0.2) is 59.1 Å². The zero-order valence-corrected chi connectivity index (χ0v) is 14.6. The molecule has 2 aromatic carbocycles. The fourth-order valence-corrected chi connectivity index (χ4v) is 3.03. The normalized spacial score (nSPS) is 12.9. The summed E-state index contributed by atoms with van der Waals surface area (Å²) in [6, 6.07) is 17.0. The smallest absolute Gasteiger partial charge is 0.254 e. The number of hydrogen-bond acceptors (Lipinski definition) is 5. The maximum atomic E-state index is 12.3. The number of nitrogens with one attached hydrogen (secondary N) is 1. The van der Waals surface area contributed by atoms with E-state index in [0.717, 1.165) is 16.7 Å². The summed E-state index contributed by atoms with van der Waals surface area (Å²) < 4.78 is 5.17. The van der Waals surface area contributed by atoms with Crippen LogP contribution in [0.4, 0.5) is 0 Å². The predicted octanol–water partition coefficient (Wildman–Crippen LogP) is 2.40. The monoisotopic (exact) mass is 362 g/mol. The van der Waals surface area contributed by atoms with Gasteiger partial charge in [-0.15, -0.1) is 0 Å². The van der Waals surface area contributed by atoms with E-state index in [1.54, 1.807) is 4.90 Å². The van der Waals surface area contributed by atoms with Crippen molar-refractivity contribution in [1.82, 2.24) is 20.4 Å². The van der Waals surface area contributed by atoms with Crippen LogP contribution >= 0.6 is 0 Å². The van der Waals surface area contributed by atoms with E-state index in [1.807, 2.05) is 54.6 Å². The maximum Gasteiger partial charge on any atom is 0.254 e. The van der Waals surface area contributed by atoms with Crippen molar-refractivity contribution in [1.29, 1.82) is 0 Å². The molecule has 3 aromatic rings. The Labute approximate surface area is 156 Å². The number of fused-ring (bicyclic) bond motifs is 1. The van der Waals surface area contributed by atoms with E-state index in [9.17, 15) is 9.59 Å². The molecule has 0 unspecified atom stereocenters. The summed E-state index contributed by atoms with van der Waals surface area (Å²) in [6.45, 7) is 1.08. The number of nitrogens with zero attached hydrogens (tertiary/aromatic N) is 3. The number of carbonyl (C=O) groups excluding carboxylic acids is 2. The predicted molar refractivity (Wildman–Crippen MR) is 97.4 cm³/mol. The van der Waals surface area contributed by atoms with Gasteiger partial charge in [-0.25, -0.2) is 0 Å². The Morgan fingerprint density at radius 2 is 1.89 bits per heavy atom. The SMILES string of the molecule is O=C(CCN1Cc2ccccc2C1=O)NCc1nc(-c2ccccc2)no1. The molecule has 7 heteroatoms. The molecule has 0 atom stereocenters. The molecule has 4 rings (SSSR count). The number of benzene rings is 2. The minimum absolute atomic E-state index is 0.0252. The molecule has 0 saturated carbocycles. The zero-order chi connectivity index (χ0) is 18.6. The van der Waals surface area contributed by atoms with Crippen LogP contribution < -0.4 is 5.32 Å². The van der Waals surface area contributed by atoms with Gasteiger partial charge in [0.25, 0.3) is 5.91 Å². The van der Waals surface area contributed by atoms with Crippen molar-refractivity contribution in [2.45, 2.75) is 19.5 Å². The Hall–Kier alpha value is -3.48. The van der Waals surface area contributed by atoms with E-state index in [0.29, 0.717) is 24.8 Å². The first-order valence-corrected chi connectivity index (χ1v) is 8.72. The van der Waals surface area contributed by atoms with E-state index < -0.39 is 0 Å². The van der Waals surface area contributed by atoms with Gasteiger partial charge in [0.05, 0.1) is 6.54 Å². The third-order valence-corrected chi connectivity index (χ3v) is 4.44. The summed E-state index contributed by atoms with van der Waals surface area (Å²) in [5, 5.41) is 6.67. The van der Waals surface area contributed by atoms with Crippen LogP contribution in [0.1, 0.15) is 28.2 Å². The van der Waals surface area contributed by atoms with Crippen LogP contribution in [0, 0.1) is 0 Å². The van der Waals surface area contributed by atoms with Gasteiger partial charge in [0.1, 0.15) is 0 Å². The summed E-state index contributed by atoms with van der Waals surface area (Å²) in [5.74, 6) is 0.633. The minimum Gasteiger partial charge on any atom is -0.347 e. The molecule has 0 spiro atoms. The lowest BCUT2D eigenvalue weighted by atomic mass is 10.1. The van der Waals surface area contributed by atoms with E-state index in [-0.39, 0.29) is 24.8 Å². The molecule has 0 fully saturated rings. The Kier molecular flexibility index (Phi) is 4.65. The number of hydrogen-bond donors (Lipinski definition) is 1. The topological polar surface area (TPSA) is 88.3 Å². The third kappa shape index (κ3) is 3.72. The lowest BCUT2D eigenvalue weighted by molar-refractivity contribution is -0.121. The summed E-state index contributed by atoms with van der Waals surface area (Å²) in [7, 11) is 0. The first-order valence-electron chi connectivity index (χ1n) is 8.72. The molecule has 0 bridgehead atoms. The van der Waals surface area contributed by atoms with Gasteiger partial charge in [-0.1, -0.05) is 53.7 Å². The molecule has 0 radical (unpaired) electrons. The molecule has 1 N–H and O–H groups in total. The van der Waals surface area contributed by atoms with Gasteiger partial charge in [-0.2, -0.15) is 4.98 Å². The summed E-state index contributed by atoms with van der Waals surface area (Å²) in [4.78, 5) is 30.3. The quantitative estimate of drug-likeness (QED) is 0.727. The zero-order valence-electron chi connectivity index (χ0n) is 14.6. The van der Waals surface area contributed by atoms with E-state index >= 15 is 0 Å². The molecule has 27 heavy (non-hydrogen) atoms. The van der Waals surface area contributed by atoms with Crippen LogP contribution in [0.5, 0.6) is 0 Å². The minimum atomic E-state index is -0.168. The lowest BCUT2D eigenvalue weighted by Crippen LogP contribution is -2.31. The highest BCUT2D eigenvalue weighted by molar-refractivity contribution is 5.98. The van der Waals surface area contributed by atoms with Gasteiger partial charge in [0.2, 0.25) is 17.6 Å². The van der Waals surface area contributed by atoms with Crippen LogP contribution in [0.3, 0.4) is 0 Å². The molecule has 1 aromatic heterocycles. The first kappa shape index (κ1) is 17.0. The Bertz CT molecular complexity index is 968. The highest BCUT2D eigenvalue weighted by atomic mass is 16.5. The molecule has 1 aliphatic heterocycles. The van der Waals surface area contributed by atoms with Gasteiger partial charge in [0, 0.05) is 30.6 Å². The Morgan fingerprint density at radius 1 is 1.11 bits per heavy atom. The van der Waals surface area contributed by atoms with Crippen molar-refractivity contribution >= 4 is 11.8 Å². The standard InChI is InChI=1S/C20H18N4O3/c25-17(10-11-24-13-15-8-4-5-9-16(15)20(24)26)21-12-18-22-19(23-27-18)14-6-2-1-3-7-14/h1-9H,10-13H2,(H,21,25). The largest absolute Gasteiger partial charge is 0.347 e. The van der Waals surface area contributed by atoms with E-state index in [4.69, 9.17) is 4.52 Å². The van der Waals surface area contributed by atoms with Gasteiger partial charge >= 0.3 is 0 Å². The first-order chi connectivity index (χ1) is 13.2. The maximum absolute atomic E-state index is 12.3. The molecular formula is C20H18N4O3. The van der Waals surface area contributed by atoms with Crippen molar-refractivity contribution in [3.05, 3.63) is 71.6 Å². The van der Waals surface area contributed by atoms with E-state index in [1.165, 1.54) is 0 Å². The lowest BCUT2D eigenvalue weighted by Gasteiger charge is -2.14. The summed E-state index contributed by atoms with van der Waals surface area (Å²) in [5.41, 5.74) is 2.57. The van der Waals surface area contributed by atoms with Crippen LogP contribution in [-0.4, -0.2) is 33.4 Å². The highest BCUT2D eigenvalue weighted by Crippen LogP contribution is 2.22. The summed E-state index contributed by atoms with van der Waals surface area (Å²) in [6.07, 6.45) is 0.222. The second kappa shape index (κ2) is 7.41. The van der Waals surface area contributed by atoms with Crippen molar-refractivity contribution in [2.24, 2.45) is 0 Å². The van der Waals surface area contributed by atoms with E-state index in [2.05, 4.69) is 15.5 Å². The van der Waals surface area contributed by atoms with Gasteiger partial charge in [-0.3, -0.25) is 9.59 Å². The van der Waals surface area contributed by atoms with Gasteiger partial charge < -0.3 is 14.7 Å². The van der Waals surface area contributed by atoms with Crippen molar-refractivity contribution < 1.29 is 14.1 Å². The van der Waals surface area contributed by atoms with Crippen molar-refractivity contribution in [3.63, 3.8) is 0 Å². The van der Waals surface area contributed by atoms with Gasteiger partial charge in [-0.05, 0) is 11.6 Å². The Morgan fingerprint density at radius 3 is 2.70 bits per heavy atom. The van der Waals surface area contributed by atoms with Crippen molar-refractivity contribution in [3.8, 4) is 11.4 Å². The fraction of sp³-hybridized carbons (Fsp3) is 0.200. The average Bonchev–Trinajstić information content (AvgIpc) is 3.31. The molecule has 0 saturated heterocycles. The molecule has 2 amide bonds. The third-order valence-electron chi connectivity index (χ3n) is 4.44. The Balaban J connectivity index is 1.26. The number of aromatic nitrogens is 2. The molecule has 1 aliphatic rings. The van der Waals surface area contributed by atoms with Crippen LogP contribution in [-0.2, 0) is 17.9 Å². The highest BCUT2D eigenvalue weighted by Gasteiger charge is 2.26. The fourth-order valence-electron chi connectivity index (χ4n) is 3.03. The number of carbonyl (C=O) groups is 2. The van der Waals surface area contributed by atoms with Crippen LogP contribution in [0.25, 0.3) is 11.4 Å². The number of rotatable bonds is 6. The van der Waals surface area contributed by atoms with Crippen molar-refractivity contribution in [2.75, 3.05) is 6.54 Å². The summed E-state index contributed by atoms with van der Waals surface area (Å²) >= 11 is 0. The number of amides is 2. The molecule has 0 aliphatic carbocycles. The van der Waals surface area contributed by atoms with Crippen LogP contribution in [0.2, 0.25) is 0 Å². The molecule has 7 nitrogen and oxygen atoms in total. The second-order valence-corrected chi connectivity index (χ2v) is 6.29. The molecule has 136 valence electrons. The molecular weight excluding hydrogens is 344 g/mol. The van der Waals surface area contributed by atoms with Gasteiger partial charge in [0.15, 0.2) is 0 Å². The average molecular weight is 362 g/mol. The molecule has 2 heterocycles. The second-order valence-electron chi connectivity index (χ2n) is 6.29.